The minimum Gasteiger partial charge on any atom is -0.327 e. The van der Waals surface area contributed by atoms with E-state index in [1.807, 2.05) is 11.5 Å². The fourth-order valence-electron chi connectivity index (χ4n) is 5.01. The second kappa shape index (κ2) is 6.76. The van der Waals surface area contributed by atoms with E-state index in [-0.39, 0.29) is 17.9 Å². The zero-order chi connectivity index (χ0) is 20.3. The maximum Gasteiger partial charge on any atom is 0.228 e. The SMILES string of the molecule is CC(C(=O)Nc1ccc(Cl)cn1)C1[C@H]2CC(n3cnc4cc(F)c(F)cc43)C[C@@H]12. The average Bonchev–Trinajstić information content (AvgIpc) is 3.02. The number of rotatable bonds is 4. The number of amides is 1. The molecule has 0 saturated heterocycles. The Bertz CT molecular complexity index is 1090. The summed E-state index contributed by atoms with van der Waals surface area (Å²) >= 11 is 5.82. The lowest BCUT2D eigenvalue weighted by atomic mass is 9.96. The number of aromatic nitrogens is 3. The summed E-state index contributed by atoms with van der Waals surface area (Å²) < 4.78 is 29.0. The zero-order valence-corrected chi connectivity index (χ0v) is 16.4. The summed E-state index contributed by atoms with van der Waals surface area (Å²) in [5, 5.41) is 3.37. The molecule has 5 atom stereocenters. The van der Waals surface area contributed by atoms with Crippen molar-refractivity contribution in [2.24, 2.45) is 23.7 Å². The van der Waals surface area contributed by atoms with E-state index >= 15 is 0 Å². The van der Waals surface area contributed by atoms with Crippen LogP contribution in [-0.2, 0) is 4.79 Å². The zero-order valence-electron chi connectivity index (χ0n) is 15.6. The number of carbonyl (C=O) groups is 1. The van der Waals surface area contributed by atoms with Crippen molar-refractivity contribution in [3.63, 3.8) is 0 Å². The second-order valence-corrected chi connectivity index (χ2v) is 8.51. The van der Waals surface area contributed by atoms with Gasteiger partial charge in [-0.25, -0.2) is 18.7 Å². The van der Waals surface area contributed by atoms with Gasteiger partial charge in [-0.3, -0.25) is 4.79 Å². The van der Waals surface area contributed by atoms with Crippen LogP contribution in [0.3, 0.4) is 0 Å². The first-order chi connectivity index (χ1) is 13.9. The quantitative estimate of drug-likeness (QED) is 0.662. The van der Waals surface area contributed by atoms with E-state index in [1.54, 1.807) is 18.5 Å². The van der Waals surface area contributed by atoms with Gasteiger partial charge in [0.05, 0.1) is 22.4 Å². The van der Waals surface area contributed by atoms with Crippen LogP contribution in [0.4, 0.5) is 14.6 Å². The summed E-state index contributed by atoms with van der Waals surface area (Å²) in [7, 11) is 0. The number of hydrogen-bond acceptors (Lipinski definition) is 3. The van der Waals surface area contributed by atoms with E-state index in [0.717, 1.165) is 18.9 Å². The van der Waals surface area contributed by atoms with E-state index in [9.17, 15) is 13.6 Å². The van der Waals surface area contributed by atoms with Crippen LogP contribution in [0, 0.1) is 35.3 Å². The van der Waals surface area contributed by atoms with Crippen molar-refractivity contribution in [1.29, 1.82) is 0 Å². The predicted octanol–water partition coefficient (Wildman–Crippen LogP) is 4.83. The van der Waals surface area contributed by atoms with Crippen molar-refractivity contribution in [1.82, 2.24) is 14.5 Å². The molecule has 2 aliphatic carbocycles. The van der Waals surface area contributed by atoms with Gasteiger partial charge >= 0.3 is 0 Å². The molecule has 2 aromatic heterocycles. The van der Waals surface area contributed by atoms with E-state index < -0.39 is 11.6 Å². The summed E-state index contributed by atoms with van der Waals surface area (Å²) in [4.78, 5) is 20.9. The third kappa shape index (κ3) is 3.17. The molecular weight excluding hydrogens is 398 g/mol. The number of fused-ring (bicyclic) bond motifs is 2. The maximum atomic E-state index is 13.7. The molecule has 1 N–H and O–H groups in total. The van der Waals surface area contributed by atoms with E-state index in [2.05, 4.69) is 15.3 Å². The molecule has 29 heavy (non-hydrogen) atoms. The van der Waals surface area contributed by atoms with Crippen molar-refractivity contribution in [3.8, 4) is 0 Å². The van der Waals surface area contributed by atoms with Crippen molar-refractivity contribution >= 4 is 34.4 Å². The van der Waals surface area contributed by atoms with Gasteiger partial charge < -0.3 is 9.88 Å². The lowest BCUT2D eigenvalue weighted by molar-refractivity contribution is -0.120. The van der Waals surface area contributed by atoms with Gasteiger partial charge in [-0.1, -0.05) is 18.5 Å². The molecule has 2 fully saturated rings. The van der Waals surface area contributed by atoms with Gasteiger partial charge in [0, 0.05) is 30.3 Å². The van der Waals surface area contributed by atoms with Crippen molar-refractivity contribution in [3.05, 3.63) is 53.4 Å². The van der Waals surface area contributed by atoms with Crippen molar-refractivity contribution < 1.29 is 13.6 Å². The highest BCUT2D eigenvalue weighted by atomic mass is 35.5. The van der Waals surface area contributed by atoms with Crippen molar-refractivity contribution in [2.75, 3.05) is 5.32 Å². The summed E-state index contributed by atoms with van der Waals surface area (Å²) in [6.45, 7) is 1.95. The largest absolute Gasteiger partial charge is 0.327 e. The van der Waals surface area contributed by atoms with Crippen LogP contribution in [-0.4, -0.2) is 20.4 Å². The third-order valence-corrected chi connectivity index (χ3v) is 6.69. The monoisotopic (exact) mass is 416 g/mol. The van der Waals surface area contributed by atoms with Crippen LogP contribution in [0.5, 0.6) is 0 Å². The Morgan fingerprint density at radius 3 is 2.62 bits per heavy atom. The molecule has 2 heterocycles. The molecule has 1 aromatic carbocycles. The summed E-state index contributed by atoms with van der Waals surface area (Å²) in [5.74, 6) is -0.149. The van der Waals surface area contributed by atoms with Gasteiger partial charge in [0.2, 0.25) is 5.91 Å². The van der Waals surface area contributed by atoms with E-state index in [1.165, 1.54) is 12.3 Å². The van der Waals surface area contributed by atoms with Gasteiger partial charge in [0.1, 0.15) is 5.82 Å². The molecule has 0 radical (unpaired) electrons. The standard InChI is InChI=1S/C21H19ClF2N4O/c1-10(21(29)27-19-3-2-11(22)8-25-19)20-13-4-12(5-14(13)20)28-9-26-17-6-15(23)16(24)7-18(17)28/h2-3,6-10,12-14,20H,4-5H2,1H3,(H,25,27,29)/t10?,12?,13-,14+,20?. The van der Waals surface area contributed by atoms with E-state index in [0.29, 0.717) is 39.6 Å². The van der Waals surface area contributed by atoms with Gasteiger partial charge in [-0.2, -0.15) is 0 Å². The fraction of sp³-hybridized carbons (Fsp3) is 0.381. The van der Waals surface area contributed by atoms with Crippen LogP contribution in [0.25, 0.3) is 11.0 Å². The number of pyridine rings is 1. The summed E-state index contributed by atoms with van der Waals surface area (Å²) in [6, 6.07) is 5.92. The van der Waals surface area contributed by atoms with Crippen LogP contribution in [0.15, 0.2) is 36.8 Å². The van der Waals surface area contributed by atoms with Crippen LogP contribution < -0.4 is 5.32 Å². The lowest BCUT2D eigenvalue weighted by Gasteiger charge is -2.19. The Balaban J connectivity index is 1.25. The van der Waals surface area contributed by atoms with Gasteiger partial charge in [-0.05, 0) is 42.7 Å². The Labute approximate surface area is 171 Å². The predicted molar refractivity (Wildman–Crippen MR) is 105 cm³/mol. The fourth-order valence-corrected chi connectivity index (χ4v) is 5.12. The molecule has 8 heteroatoms. The number of imidazole rings is 1. The number of benzene rings is 1. The highest BCUT2D eigenvalue weighted by Gasteiger charge is 2.59. The Morgan fingerprint density at radius 2 is 1.93 bits per heavy atom. The first-order valence-electron chi connectivity index (χ1n) is 9.66. The molecule has 0 aliphatic heterocycles. The number of nitrogens with one attached hydrogen (secondary N) is 1. The molecule has 5 rings (SSSR count). The van der Waals surface area contributed by atoms with Crippen LogP contribution >= 0.6 is 11.6 Å². The topological polar surface area (TPSA) is 59.8 Å². The smallest absolute Gasteiger partial charge is 0.228 e. The number of carbonyl (C=O) groups excluding carboxylic acids is 1. The molecule has 0 bridgehead atoms. The highest BCUT2D eigenvalue weighted by molar-refractivity contribution is 6.30. The number of anilines is 1. The van der Waals surface area contributed by atoms with E-state index in [4.69, 9.17) is 11.6 Å². The molecule has 150 valence electrons. The molecule has 2 saturated carbocycles. The Hall–Kier alpha value is -2.54. The minimum atomic E-state index is -0.882. The van der Waals surface area contributed by atoms with Gasteiger partial charge in [0.25, 0.3) is 0 Å². The minimum absolute atomic E-state index is 0.0404. The molecule has 0 spiro atoms. The summed E-state index contributed by atoms with van der Waals surface area (Å²) in [5.41, 5.74) is 1.08. The third-order valence-electron chi connectivity index (χ3n) is 6.47. The second-order valence-electron chi connectivity index (χ2n) is 8.08. The number of hydrogen-bond donors (Lipinski definition) is 1. The first-order valence-corrected chi connectivity index (χ1v) is 10.0. The Kier molecular flexibility index (Phi) is 4.31. The van der Waals surface area contributed by atoms with Gasteiger partial charge in [0.15, 0.2) is 11.6 Å². The number of nitrogens with zero attached hydrogens (tertiary/aromatic N) is 3. The first kappa shape index (κ1) is 18.5. The Morgan fingerprint density at radius 1 is 1.21 bits per heavy atom. The lowest BCUT2D eigenvalue weighted by Crippen LogP contribution is -2.24. The molecule has 1 amide bonds. The number of halogens is 3. The average molecular weight is 417 g/mol. The molecule has 3 unspecified atom stereocenters. The molecule has 5 nitrogen and oxygen atoms in total. The normalized spacial score (nSPS) is 26.3. The molecular formula is C21H19ClF2N4O. The van der Waals surface area contributed by atoms with Gasteiger partial charge in [-0.15, -0.1) is 0 Å². The van der Waals surface area contributed by atoms with Crippen LogP contribution in [0.2, 0.25) is 5.02 Å². The maximum absolute atomic E-state index is 13.7. The molecule has 2 aliphatic rings. The van der Waals surface area contributed by atoms with Crippen molar-refractivity contribution in [2.45, 2.75) is 25.8 Å². The van der Waals surface area contributed by atoms with Crippen LogP contribution in [0.1, 0.15) is 25.8 Å². The summed E-state index contributed by atoms with van der Waals surface area (Å²) in [6.07, 6.45) is 4.99. The molecule has 3 aromatic rings. The highest BCUT2D eigenvalue weighted by Crippen LogP contribution is 2.64.